The third kappa shape index (κ3) is 8.10. The van der Waals surface area contributed by atoms with Crippen LogP contribution in [0.25, 0.3) is 0 Å². The molecule has 0 bridgehead atoms. The molecular weight excluding hydrogens is 163 g/mol. The fraction of sp³-hybridized carbons (Fsp3) is 1.00. The number of nitrogens with one attached hydrogen (secondary N) is 1. The number of alkyl halides is 3. The summed E-state index contributed by atoms with van der Waals surface area (Å²) in [5, 5.41) is 2.80. The number of halogens is 3. The smallest absolute Gasteiger partial charge is 0.316 e. The van der Waals surface area contributed by atoms with Crippen LogP contribution in [-0.4, -0.2) is 24.4 Å². The van der Waals surface area contributed by atoms with E-state index >= 15 is 0 Å². The van der Waals surface area contributed by atoms with Gasteiger partial charge in [-0.1, -0.05) is 6.92 Å². The van der Waals surface area contributed by atoms with Gasteiger partial charge < -0.3 is 5.32 Å². The second kappa shape index (κ2) is 4.85. The van der Waals surface area contributed by atoms with Crippen molar-refractivity contribution in [3.63, 3.8) is 0 Å². The molecule has 10 heavy (non-hydrogen) atoms. The standard InChI is InChI=1S/C5H10F3NS/c1-2-9-3-4-10-5(6,7)8/h9H,2-4H2,1H3. The summed E-state index contributed by atoms with van der Waals surface area (Å²) in [7, 11) is 0. The fourth-order valence-corrected chi connectivity index (χ4v) is 0.894. The average molecular weight is 173 g/mol. The summed E-state index contributed by atoms with van der Waals surface area (Å²) < 4.78 is 34.3. The normalized spacial score (nSPS) is 12.0. The van der Waals surface area contributed by atoms with Gasteiger partial charge >= 0.3 is 5.51 Å². The lowest BCUT2D eigenvalue weighted by atomic mass is 10.7. The molecule has 0 fully saturated rings. The monoisotopic (exact) mass is 173 g/mol. The zero-order valence-corrected chi connectivity index (χ0v) is 6.48. The van der Waals surface area contributed by atoms with Crippen molar-refractivity contribution in [2.45, 2.75) is 12.4 Å². The molecule has 0 rings (SSSR count). The van der Waals surface area contributed by atoms with E-state index in [-0.39, 0.29) is 17.5 Å². The topological polar surface area (TPSA) is 12.0 Å². The molecule has 0 unspecified atom stereocenters. The van der Waals surface area contributed by atoms with Crippen LogP contribution in [0, 0.1) is 0 Å². The van der Waals surface area contributed by atoms with Crippen molar-refractivity contribution in [1.82, 2.24) is 5.32 Å². The molecule has 0 spiro atoms. The molecule has 0 aliphatic carbocycles. The van der Waals surface area contributed by atoms with Crippen LogP contribution in [0.5, 0.6) is 0 Å². The number of hydrogen-bond acceptors (Lipinski definition) is 2. The molecule has 0 aromatic carbocycles. The first-order valence-electron chi connectivity index (χ1n) is 2.97. The van der Waals surface area contributed by atoms with Crippen molar-refractivity contribution >= 4 is 11.8 Å². The quantitative estimate of drug-likeness (QED) is 0.651. The van der Waals surface area contributed by atoms with Crippen LogP contribution in [0.2, 0.25) is 0 Å². The van der Waals surface area contributed by atoms with Crippen LogP contribution in [0.3, 0.4) is 0 Å². The molecule has 62 valence electrons. The van der Waals surface area contributed by atoms with Crippen molar-refractivity contribution in [1.29, 1.82) is 0 Å². The van der Waals surface area contributed by atoms with Gasteiger partial charge in [-0.3, -0.25) is 0 Å². The van der Waals surface area contributed by atoms with Gasteiger partial charge in [0.2, 0.25) is 0 Å². The Balaban J connectivity index is 3.04. The minimum absolute atomic E-state index is 0.0110. The van der Waals surface area contributed by atoms with Gasteiger partial charge in [-0.25, -0.2) is 0 Å². The van der Waals surface area contributed by atoms with Crippen LogP contribution in [0.4, 0.5) is 13.2 Å². The lowest BCUT2D eigenvalue weighted by molar-refractivity contribution is -0.0327. The molecule has 1 nitrogen and oxygen atoms in total. The van der Waals surface area contributed by atoms with E-state index in [0.29, 0.717) is 6.54 Å². The summed E-state index contributed by atoms with van der Waals surface area (Å²) in [6, 6.07) is 0. The maximum absolute atomic E-state index is 11.4. The van der Waals surface area contributed by atoms with Crippen LogP contribution in [-0.2, 0) is 0 Å². The Labute approximate surface area is 62.4 Å². The summed E-state index contributed by atoms with van der Waals surface area (Å²) in [5.74, 6) is 0.0946. The molecule has 0 amide bonds. The number of rotatable bonds is 4. The zero-order chi connectivity index (χ0) is 8.04. The molecule has 0 radical (unpaired) electrons. The largest absolute Gasteiger partial charge is 0.441 e. The van der Waals surface area contributed by atoms with Crippen molar-refractivity contribution in [2.24, 2.45) is 0 Å². The van der Waals surface area contributed by atoms with Crippen LogP contribution in [0.15, 0.2) is 0 Å². The molecule has 1 N–H and O–H groups in total. The summed E-state index contributed by atoms with van der Waals surface area (Å²) in [5.41, 5.74) is -4.07. The molecule has 0 aromatic rings. The van der Waals surface area contributed by atoms with Gasteiger partial charge in [0, 0.05) is 12.3 Å². The molecule has 0 atom stereocenters. The van der Waals surface area contributed by atoms with Crippen molar-refractivity contribution in [3.05, 3.63) is 0 Å². The highest BCUT2D eigenvalue weighted by Crippen LogP contribution is 2.29. The van der Waals surface area contributed by atoms with Crippen LogP contribution < -0.4 is 5.32 Å². The highest BCUT2D eigenvalue weighted by Gasteiger charge is 2.27. The molecule has 0 heterocycles. The lowest BCUT2D eigenvalue weighted by Gasteiger charge is -2.04. The second-order valence-corrected chi connectivity index (χ2v) is 2.81. The first-order valence-corrected chi connectivity index (χ1v) is 3.96. The SMILES string of the molecule is CCNCCSC(F)(F)F. The zero-order valence-electron chi connectivity index (χ0n) is 5.66. The predicted molar refractivity (Wildman–Crippen MR) is 37.1 cm³/mol. The summed E-state index contributed by atoms with van der Waals surface area (Å²) >= 11 is 0.0110. The molecule has 0 saturated heterocycles. The minimum atomic E-state index is -4.07. The van der Waals surface area contributed by atoms with Crippen LogP contribution >= 0.6 is 11.8 Å². The number of hydrogen-bond donors (Lipinski definition) is 1. The Hall–Kier alpha value is 0.100. The number of thioether (sulfide) groups is 1. The molecule has 0 aliphatic rings. The van der Waals surface area contributed by atoms with Gasteiger partial charge in [-0.2, -0.15) is 13.2 Å². The molecule has 0 aromatic heterocycles. The van der Waals surface area contributed by atoms with Crippen LogP contribution in [0.1, 0.15) is 6.92 Å². The maximum Gasteiger partial charge on any atom is 0.441 e. The third-order valence-electron chi connectivity index (χ3n) is 0.795. The van der Waals surface area contributed by atoms with E-state index in [9.17, 15) is 13.2 Å². The van der Waals surface area contributed by atoms with E-state index in [1.165, 1.54) is 0 Å². The van der Waals surface area contributed by atoms with E-state index in [1.807, 2.05) is 6.92 Å². The Morgan fingerprint density at radius 2 is 2.00 bits per heavy atom. The molecule has 5 heteroatoms. The van der Waals surface area contributed by atoms with E-state index in [1.54, 1.807) is 0 Å². The molecule has 0 saturated carbocycles. The van der Waals surface area contributed by atoms with Gasteiger partial charge in [0.15, 0.2) is 0 Å². The average Bonchev–Trinajstić information content (AvgIpc) is 1.78. The summed E-state index contributed by atoms with van der Waals surface area (Å²) in [6.45, 7) is 3.00. The third-order valence-corrected chi connectivity index (χ3v) is 1.53. The minimum Gasteiger partial charge on any atom is -0.316 e. The first-order chi connectivity index (χ1) is 4.56. The summed E-state index contributed by atoms with van der Waals surface area (Å²) in [6.07, 6.45) is 0. The predicted octanol–water partition coefficient (Wildman–Crippen LogP) is 1.85. The van der Waals surface area contributed by atoms with Gasteiger partial charge in [0.1, 0.15) is 0 Å². The fourth-order valence-electron chi connectivity index (χ4n) is 0.416. The van der Waals surface area contributed by atoms with E-state index in [0.717, 1.165) is 6.54 Å². The second-order valence-electron chi connectivity index (χ2n) is 1.65. The van der Waals surface area contributed by atoms with Crippen molar-refractivity contribution < 1.29 is 13.2 Å². The molecular formula is C5H10F3NS. The highest BCUT2D eigenvalue weighted by atomic mass is 32.2. The van der Waals surface area contributed by atoms with E-state index in [4.69, 9.17) is 0 Å². The Morgan fingerprint density at radius 1 is 1.40 bits per heavy atom. The Morgan fingerprint density at radius 3 is 2.40 bits per heavy atom. The van der Waals surface area contributed by atoms with E-state index in [2.05, 4.69) is 5.32 Å². The van der Waals surface area contributed by atoms with Gasteiger partial charge in [0.25, 0.3) is 0 Å². The van der Waals surface area contributed by atoms with Gasteiger partial charge in [-0.05, 0) is 18.3 Å². The Kier molecular flexibility index (Phi) is 4.89. The molecule has 0 aliphatic heterocycles. The van der Waals surface area contributed by atoms with Gasteiger partial charge in [0.05, 0.1) is 0 Å². The maximum atomic E-state index is 11.4. The Bertz CT molecular complexity index is 83.5. The first kappa shape index (κ1) is 10.1. The van der Waals surface area contributed by atoms with Crippen molar-refractivity contribution in [3.8, 4) is 0 Å². The highest BCUT2D eigenvalue weighted by molar-refractivity contribution is 8.00. The van der Waals surface area contributed by atoms with E-state index < -0.39 is 5.51 Å². The summed E-state index contributed by atoms with van der Waals surface area (Å²) in [4.78, 5) is 0. The lowest BCUT2D eigenvalue weighted by Crippen LogP contribution is -2.17. The van der Waals surface area contributed by atoms with Gasteiger partial charge in [-0.15, -0.1) is 0 Å². The van der Waals surface area contributed by atoms with Crippen molar-refractivity contribution in [2.75, 3.05) is 18.8 Å².